The Morgan fingerprint density at radius 3 is 2.43 bits per heavy atom. The molecule has 0 saturated heterocycles. The van der Waals surface area contributed by atoms with Gasteiger partial charge in [0.15, 0.2) is 0 Å². The van der Waals surface area contributed by atoms with Crippen molar-refractivity contribution in [2.75, 3.05) is 19.4 Å². The number of aromatic nitrogens is 2. The van der Waals surface area contributed by atoms with E-state index in [1.165, 1.54) is 16.9 Å². The van der Waals surface area contributed by atoms with Gasteiger partial charge in [0.05, 0.1) is 16.8 Å². The second-order valence-electron chi connectivity index (χ2n) is 8.27. The Morgan fingerprint density at radius 2 is 1.86 bits per heavy atom. The van der Waals surface area contributed by atoms with E-state index in [0.29, 0.717) is 33.0 Å². The lowest BCUT2D eigenvalue weighted by Gasteiger charge is -2.19. The number of anilines is 1. The molecule has 1 aromatic carbocycles. The molecule has 0 aliphatic heterocycles. The average Bonchev–Trinajstić information content (AvgIpc) is 2.91. The van der Waals surface area contributed by atoms with Crippen molar-refractivity contribution in [2.45, 2.75) is 39.7 Å². The molecule has 2 aromatic heterocycles. The van der Waals surface area contributed by atoms with Gasteiger partial charge in [-0.25, -0.2) is 4.98 Å². The fourth-order valence-corrected chi connectivity index (χ4v) is 4.12. The van der Waals surface area contributed by atoms with Gasteiger partial charge in [-0.2, -0.15) is 0 Å². The molecule has 0 aliphatic rings. The Balaban J connectivity index is 1.90. The summed E-state index contributed by atoms with van der Waals surface area (Å²) >= 11 is 1.25. The summed E-state index contributed by atoms with van der Waals surface area (Å²) in [6.45, 7) is 8.77. The minimum Gasteiger partial charge on any atom is -0.321 e. The van der Waals surface area contributed by atoms with Gasteiger partial charge in [0.1, 0.15) is 10.7 Å². The standard InChI is InChI=1S/C21H26N4O2S/c1-12-16-18(26)23-15(11-25(5)6)24-20(16)28-17(12)19(27)22-14-9-7-13(8-10-14)21(2,3)4/h7-10H,11H2,1-6H3,(H,22,27)(H,23,24,26). The van der Waals surface area contributed by atoms with Crippen LogP contribution < -0.4 is 10.9 Å². The molecule has 1 amide bonds. The minimum absolute atomic E-state index is 0.0571. The van der Waals surface area contributed by atoms with Crippen molar-refractivity contribution >= 4 is 33.1 Å². The number of amides is 1. The zero-order valence-corrected chi connectivity index (χ0v) is 18.0. The maximum absolute atomic E-state index is 12.8. The Hall–Kier alpha value is -2.51. The molecule has 0 aliphatic carbocycles. The predicted octanol–water partition coefficient (Wildman–Crippen LogP) is 3.90. The van der Waals surface area contributed by atoms with Gasteiger partial charge in [-0.3, -0.25) is 9.59 Å². The number of thiophene rings is 1. The Morgan fingerprint density at radius 1 is 1.21 bits per heavy atom. The van der Waals surface area contributed by atoms with Crippen molar-refractivity contribution in [3.63, 3.8) is 0 Å². The number of H-pyrrole nitrogens is 1. The van der Waals surface area contributed by atoms with Gasteiger partial charge in [0.2, 0.25) is 0 Å². The van der Waals surface area contributed by atoms with Gasteiger partial charge in [-0.1, -0.05) is 32.9 Å². The highest BCUT2D eigenvalue weighted by atomic mass is 32.1. The molecule has 0 saturated carbocycles. The molecular formula is C21H26N4O2S. The second kappa shape index (κ2) is 7.48. The van der Waals surface area contributed by atoms with E-state index in [4.69, 9.17) is 0 Å². The van der Waals surface area contributed by atoms with Crippen molar-refractivity contribution in [1.29, 1.82) is 0 Å². The number of hydrogen-bond acceptors (Lipinski definition) is 5. The molecule has 0 bridgehead atoms. The van der Waals surface area contributed by atoms with E-state index in [2.05, 4.69) is 36.1 Å². The number of benzene rings is 1. The highest BCUT2D eigenvalue weighted by Gasteiger charge is 2.20. The first-order valence-electron chi connectivity index (χ1n) is 9.15. The van der Waals surface area contributed by atoms with Gasteiger partial charge in [-0.15, -0.1) is 11.3 Å². The summed E-state index contributed by atoms with van der Waals surface area (Å²) in [6.07, 6.45) is 0. The van der Waals surface area contributed by atoms with Crippen LogP contribution in [0.1, 0.15) is 47.4 Å². The van der Waals surface area contributed by atoms with Crippen molar-refractivity contribution in [1.82, 2.24) is 14.9 Å². The molecule has 3 aromatic rings. The number of carbonyl (C=O) groups excluding carboxylic acids is 1. The van der Waals surface area contributed by atoms with E-state index in [1.54, 1.807) is 6.92 Å². The van der Waals surface area contributed by atoms with Crippen LogP contribution in [0.5, 0.6) is 0 Å². The van der Waals surface area contributed by atoms with Crippen molar-refractivity contribution in [3.05, 3.63) is 56.4 Å². The summed E-state index contributed by atoms with van der Waals surface area (Å²) in [6, 6.07) is 7.85. The van der Waals surface area contributed by atoms with E-state index in [0.717, 1.165) is 5.69 Å². The first kappa shape index (κ1) is 20.2. The smallest absolute Gasteiger partial charge is 0.266 e. The summed E-state index contributed by atoms with van der Waals surface area (Å²) in [5, 5.41) is 3.41. The van der Waals surface area contributed by atoms with Gasteiger partial charge in [0.25, 0.3) is 11.5 Å². The summed E-state index contributed by atoms with van der Waals surface area (Å²) in [7, 11) is 3.82. The molecule has 0 radical (unpaired) electrons. The molecule has 2 N–H and O–H groups in total. The van der Waals surface area contributed by atoms with E-state index >= 15 is 0 Å². The van der Waals surface area contributed by atoms with Crippen molar-refractivity contribution < 1.29 is 4.79 Å². The third kappa shape index (κ3) is 4.15. The van der Waals surface area contributed by atoms with Crippen molar-refractivity contribution in [2.24, 2.45) is 0 Å². The number of fused-ring (bicyclic) bond motifs is 1. The lowest BCUT2D eigenvalue weighted by molar-refractivity contribution is 0.103. The first-order chi connectivity index (χ1) is 13.1. The fraction of sp³-hybridized carbons (Fsp3) is 0.381. The largest absolute Gasteiger partial charge is 0.321 e. The Labute approximate surface area is 168 Å². The van der Waals surface area contributed by atoms with Gasteiger partial charge < -0.3 is 15.2 Å². The summed E-state index contributed by atoms with van der Waals surface area (Å²) in [5.74, 6) is 0.367. The monoisotopic (exact) mass is 398 g/mol. The highest BCUT2D eigenvalue weighted by Crippen LogP contribution is 2.28. The lowest BCUT2D eigenvalue weighted by atomic mass is 9.87. The number of carbonyl (C=O) groups is 1. The van der Waals surface area contributed by atoms with Gasteiger partial charge >= 0.3 is 0 Å². The van der Waals surface area contributed by atoms with E-state index in [1.807, 2.05) is 43.3 Å². The first-order valence-corrected chi connectivity index (χ1v) is 9.97. The molecule has 7 heteroatoms. The summed E-state index contributed by atoms with van der Waals surface area (Å²) in [5.41, 5.74) is 2.44. The zero-order valence-electron chi connectivity index (χ0n) is 17.1. The minimum atomic E-state index is -0.224. The van der Waals surface area contributed by atoms with Crippen LogP contribution in [0.4, 0.5) is 5.69 Å². The molecule has 148 valence electrons. The van der Waals surface area contributed by atoms with Crippen LogP contribution in [0.2, 0.25) is 0 Å². The van der Waals surface area contributed by atoms with E-state index in [-0.39, 0.29) is 16.9 Å². The van der Waals surface area contributed by atoms with Crippen LogP contribution in [-0.4, -0.2) is 34.9 Å². The average molecular weight is 399 g/mol. The second-order valence-corrected chi connectivity index (χ2v) is 9.27. The van der Waals surface area contributed by atoms with Crippen LogP contribution in [0.15, 0.2) is 29.1 Å². The molecule has 0 fully saturated rings. The zero-order chi connectivity index (χ0) is 20.6. The molecular weight excluding hydrogens is 372 g/mol. The summed E-state index contributed by atoms with van der Waals surface area (Å²) in [4.78, 5) is 35.7. The summed E-state index contributed by atoms with van der Waals surface area (Å²) < 4.78 is 0. The third-order valence-electron chi connectivity index (χ3n) is 4.53. The molecule has 28 heavy (non-hydrogen) atoms. The molecule has 0 atom stereocenters. The molecule has 3 rings (SSSR count). The van der Waals surface area contributed by atoms with Crippen LogP contribution in [0.3, 0.4) is 0 Å². The van der Waals surface area contributed by atoms with Gasteiger partial charge in [-0.05, 0) is 49.7 Å². The van der Waals surface area contributed by atoms with Gasteiger partial charge in [0, 0.05) is 5.69 Å². The predicted molar refractivity (Wildman–Crippen MR) is 115 cm³/mol. The number of hydrogen-bond donors (Lipinski definition) is 2. The number of aryl methyl sites for hydroxylation is 1. The molecule has 2 heterocycles. The van der Waals surface area contributed by atoms with Crippen LogP contribution in [0.25, 0.3) is 10.2 Å². The lowest BCUT2D eigenvalue weighted by Crippen LogP contribution is -2.18. The third-order valence-corrected chi connectivity index (χ3v) is 5.72. The van der Waals surface area contributed by atoms with Crippen molar-refractivity contribution in [3.8, 4) is 0 Å². The maximum atomic E-state index is 12.8. The van der Waals surface area contributed by atoms with Crippen LogP contribution >= 0.6 is 11.3 Å². The topological polar surface area (TPSA) is 78.1 Å². The molecule has 0 unspecified atom stereocenters. The van der Waals surface area contributed by atoms with E-state index in [9.17, 15) is 9.59 Å². The molecule has 6 nitrogen and oxygen atoms in total. The maximum Gasteiger partial charge on any atom is 0.266 e. The highest BCUT2D eigenvalue weighted by molar-refractivity contribution is 7.20. The number of aromatic amines is 1. The van der Waals surface area contributed by atoms with Crippen LogP contribution in [-0.2, 0) is 12.0 Å². The number of nitrogens with zero attached hydrogens (tertiary/aromatic N) is 2. The Kier molecular flexibility index (Phi) is 5.41. The molecule has 0 spiro atoms. The number of rotatable bonds is 4. The SMILES string of the molecule is Cc1c(C(=O)Nc2ccc(C(C)(C)C)cc2)sc2nc(CN(C)C)[nH]c(=O)c12. The quantitative estimate of drug-likeness (QED) is 0.699. The normalized spacial score (nSPS) is 12.0. The van der Waals surface area contributed by atoms with Crippen LogP contribution in [0, 0.1) is 6.92 Å². The number of nitrogens with one attached hydrogen (secondary N) is 2. The Bertz CT molecular complexity index is 1070. The fourth-order valence-electron chi connectivity index (χ4n) is 3.02. The van der Waals surface area contributed by atoms with E-state index < -0.39 is 0 Å².